The molecule has 0 saturated heterocycles. The molecule has 0 radical (unpaired) electrons. The number of halogens is 2. The number of rotatable bonds is 5. The van der Waals surface area contributed by atoms with Crippen molar-refractivity contribution in [2.45, 2.75) is 31.7 Å². The van der Waals surface area contributed by atoms with Gasteiger partial charge in [0.2, 0.25) is 5.91 Å². The second kappa shape index (κ2) is 6.97. The molecule has 1 heterocycles. The molecule has 1 unspecified atom stereocenters. The average molecular weight is 295 g/mol. The molecule has 5 nitrogen and oxygen atoms in total. The number of carbonyl (C=O) groups is 1. The van der Waals surface area contributed by atoms with E-state index in [0.717, 1.165) is 18.5 Å². The van der Waals surface area contributed by atoms with Crippen molar-refractivity contribution in [3.8, 4) is 0 Å². The number of nitrogens with one attached hydrogen (secondary N) is 2. The predicted octanol–water partition coefficient (Wildman–Crippen LogP) is 1.04. The van der Waals surface area contributed by atoms with Gasteiger partial charge in [-0.15, -0.1) is 24.8 Å². The van der Waals surface area contributed by atoms with Crippen molar-refractivity contribution in [1.82, 2.24) is 15.5 Å². The molecule has 1 atom stereocenters. The van der Waals surface area contributed by atoms with Crippen molar-refractivity contribution < 1.29 is 4.79 Å². The Kier molecular flexibility index (Phi) is 6.67. The van der Waals surface area contributed by atoms with Crippen molar-refractivity contribution in [2.75, 3.05) is 6.54 Å². The van der Waals surface area contributed by atoms with Gasteiger partial charge >= 0.3 is 0 Å². The highest BCUT2D eigenvalue weighted by atomic mass is 35.5. The molecule has 1 amide bonds. The summed E-state index contributed by atoms with van der Waals surface area (Å²) in [5, 5.41) is 9.62. The number of H-pyrrole nitrogens is 1. The lowest BCUT2D eigenvalue weighted by Gasteiger charge is -2.29. The molecular formula is C11H20Cl2N4O. The lowest BCUT2D eigenvalue weighted by atomic mass is 9.95. The standard InChI is InChI=1S/C11H18N4O.2ClH/c1-11(7-12,8-2-3-8)14-10(16)6-9-4-5-13-15-9;;/h4-5,8H,2-3,6-7,12H2,1H3,(H,13,15)(H,14,16);2*1H. The highest BCUT2D eigenvalue weighted by Crippen LogP contribution is 2.38. The van der Waals surface area contributed by atoms with E-state index in [1.165, 1.54) is 0 Å². The average Bonchev–Trinajstić information content (AvgIpc) is 3.00. The Morgan fingerprint density at radius 2 is 2.28 bits per heavy atom. The molecule has 1 aliphatic rings. The van der Waals surface area contributed by atoms with Gasteiger partial charge in [-0.3, -0.25) is 9.89 Å². The molecule has 1 aromatic rings. The zero-order valence-corrected chi connectivity index (χ0v) is 11.9. The minimum atomic E-state index is -0.239. The second-order valence-corrected chi connectivity index (χ2v) is 4.70. The largest absolute Gasteiger partial charge is 0.349 e. The molecule has 7 heteroatoms. The van der Waals surface area contributed by atoms with Crippen LogP contribution < -0.4 is 11.1 Å². The van der Waals surface area contributed by atoms with Crippen LogP contribution in [0.1, 0.15) is 25.5 Å². The van der Waals surface area contributed by atoms with E-state index in [0.29, 0.717) is 18.9 Å². The van der Waals surface area contributed by atoms with Crippen LogP contribution in [0.4, 0.5) is 0 Å². The first kappa shape index (κ1) is 17.2. The first-order valence-corrected chi connectivity index (χ1v) is 5.63. The Morgan fingerprint density at radius 1 is 1.61 bits per heavy atom. The fourth-order valence-electron chi connectivity index (χ4n) is 1.96. The Labute approximate surface area is 119 Å². The molecule has 1 aromatic heterocycles. The summed E-state index contributed by atoms with van der Waals surface area (Å²) in [6.45, 7) is 2.52. The van der Waals surface area contributed by atoms with Crippen molar-refractivity contribution >= 4 is 30.7 Å². The van der Waals surface area contributed by atoms with Gasteiger partial charge in [0.15, 0.2) is 0 Å². The monoisotopic (exact) mass is 294 g/mol. The highest BCUT2D eigenvalue weighted by Gasteiger charge is 2.41. The number of hydrogen-bond acceptors (Lipinski definition) is 3. The lowest BCUT2D eigenvalue weighted by molar-refractivity contribution is -0.122. The highest BCUT2D eigenvalue weighted by molar-refractivity contribution is 5.85. The maximum absolute atomic E-state index is 11.8. The maximum Gasteiger partial charge on any atom is 0.226 e. The molecule has 1 aliphatic carbocycles. The molecule has 1 saturated carbocycles. The van der Waals surface area contributed by atoms with Gasteiger partial charge in [-0.25, -0.2) is 0 Å². The van der Waals surface area contributed by atoms with E-state index in [1.54, 1.807) is 12.3 Å². The molecule has 0 aliphatic heterocycles. The van der Waals surface area contributed by atoms with Gasteiger partial charge in [0.25, 0.3) is 0 Å². The number of nitrogens with two attached hydrogens (primary N) is 1. The smallest absolute Gasteiger partial charge is 0.226 e. The predicted molar refractivity (Wildman–Crippen MR) is 75.1 cm³/mol. The number of carbonyl (C=O) groups excluding carboxylic acids is 1. The van der Waals surface area contributed by atoms with Crippen LogP contribution in [0.5, 0.6) is 0 Å². The second-order valence-electron chi connectivity index (χ2n) is 4.70. The summed E-state index contributed by atoms with van der Waals surface area (Å²) < 4.78 is 0. The summed E-state index contributed by atoms with van der Waals surface area (Å²) in [5.41, 5.74) is 6.32. The topological polar surface area (TPSA) is 83.8 Å². The summed E-state index contributed by atoms with van der Waals surface area (Å²) >= 11 is 0. The van der Waals surface area contributed by atoms with Gasteiger partial charge in [-0.05, 0) is 31.7 Å². The van der Waals surface area contributed by atoms with E-state index in [-0.39, 0.29) is 36.3 Å². The summed E-state index contributed by atoms with van der Waals surface area (Å²) in [5.74, 6) is 0.548. The van der Waals surface area contributed by atoms with Gasteiger partial charge in [0, 0.05) is 18.4 Å². The number of aromatic amines is 1. The minimum absolute atomic E-state index is 0. The van der Waals surface area contributed by atoms with Gasteiger partial charge in [-0.1, -0.05) is 0 Å². The first-order valence-electron chi connectivity index (χ1n) is 5.63. The molecule has 0 bridgehead atoms. The Morgan fingerprint density at radius 3 is 2.72 bits per heavy atom. The molecular weight excluding hydrogens is 275 g/mol. The van der Waals surface area contributed by atoms with Crippen LogP contribution in [0.15, 0.2) is 12.3 Å². The van der Waals surface area contributed by atoms with E-state index >= 15 is 0 Å². The number of nitrogens with zero attached hydrogens (tertiary/aromatic N) is 1. The molecule has 2 rings (SSSR count). The van der Waals surface area contributed by atoms with Gasteiger partial charge < -0.3 is 11.1 Å². The summed E-state index contributed by atoms with van der Waals surface area (Å²) in [6, 6.07) is 1.80. The summed E-state index contributed by atoms with van der Waals surface area (Å²) in [4.78, 5) is 11.8. The van der Waals surface area contributed by atoms with Crippen LogP contribution in [-0.2, 0) is 11.2 Å². The van der Waals surface area contributed by atoms with Crippen LogP contribution in [0.2, 0.25) is 0 Å². The zero-order chi connectivity index (χ0) is 11.6. The fourth-order valence-corrected chi connectivity index (χ4v) is 1.96. The van der Waals surface area contributed by atoms with Crippen LogP contribution in [-0.4, -0.2) is 28.2 Å². The van der Waals surface area contributed by atoms with Crippen LogP contribution in [0.3, 0.4) is 0 Å². The summed E-state index contributed by atoms with van der Waals surface area (Å²) in [7, 11) is 0. The van der Waals surface area contributed by atoms with Gasteiger partial charge in [0.05, 0.1) is 12.0 Å². The van der Waals surface area contributed by atoms with Crippen molar-refractivity contribution in [2.24, 2.45) is 11.7 Å². The Bertz CT molecular complexity index is 367. The minimum Gasteiger partial charge on any atom is -0.349 e. The third-order valence-electron chi connectivity index (χ3n) is 3.24. The lowest BCUT2D eigenvalue weighted by Crippen LogP contribution is -2.53. The zero-order valence-electron chi connectivity index (χ0n) is 10.3. The summed E-state index contributed by atoms with van der Waals surface area (Å²) in [6.07, 6.45) is 4.31. The number of hydrogen-bond donors (Lipinski definition) is 3. The Hall–Kier alpha value is -0.780. The van der Waals surface area contributed by atoms with E-state index in [2.05, 4.69) is 15.5 Å². The molecule has 0 aromatic carbocycles. The van der Waals surface area contributed by atoms with Crippen molar-refractivity contribution in [3.05, 3.63) is 18.0 Å². The van der Waals surface area contributed by atoms with Crippen LogP contribution in [0.25, 0.3) is 0 Å². The first-order chi connectivity index (χ1) is 7.64. The molecule has 0 spiro atoms. The molecule has 4 N–H and O–H groups in total. The third-order valence-corrected chi connectivity index (χ3v) is 3.24. The van der Waals surface area contributed by atoms with E-state index in [9.17, 15) is 4.79 Å². The number of amides is 1. The van der Waals surface area contributed by atoms with E-state index in [4.69, 9.17) is 5.73 Å². The van der Waals surface area contributed by atoms with E-state index in [1.807, 2.05) is 6.92 Å². The quantitative estimate of drug-likeness (QED) is 0.759. The molecule has 18 heavy (non-hydrogen) atoms. The Balaban J connectivity index is 0.00000144. The van der Waals surface area contributed by atoms with Gasteiger partial charge in [-0.2, -0.15) is 5.10 Å². The fraction of sp³-hybridized carbons (Fsp3) is 0.636. The maximum atomic E-state index is 11.8. The van der Waals surface area contributed by atoms with Crippen LogP contribution >= 0.6 is 24.8 Å². The van der Waals surface area contributed by atoms with Crippen molar-refractivity contribution in [3.63, 3.8) is 0 Å². The third kappa shape index (κ3) is 4.15. The normalized spacial score (nSPS) is 17.0. The SMILES string of the molecule is CC(CN)(NC(=O)Cc1ccn[nH]1)C1CC1.Cl.Cl. The van der Waals surface area contributed by atoms with Crippen molar-refractivity contribution in [1.29, 1.82) is 0 Å². The van der Waals surface area contributed by atoms with Crippen LogP contribution in [0, 0.1) is 5.92 Å². The van der Waals surface area contributed by atoms with Gasteiger partial charge in [0.1, 0.15) is 0 Å². The van der Waals surface area contributed by atoms with E-state index < -0.39 is 0 Å². The molecule has 104 valence electrons. The molecule has 1 fully saturated rings. The number of aromatic nitrogens is 2.